The number of carbonyl (C=O) groups is 2. The number of carboxylic acid groups (broad SMARTS) is 1. The lowest BCUT2D eigenvalue weighted by Gasteiger charge is -2.04. The molecule has 2 N–H and O–H groups in total. The highest BCUT2D eigenvalue weighted by atomic mass is 32.1. The smallest absolute Gasteiger partial charge is 0.335 e. The molecule has 0 fully saturated rings. The number of carboxylic acids is 1. The van der Waals surface area contributed by atoms with E-state index in [-0.39, 0.29) is 17.2 Å². The number of amides is 1. The van der Waals surface area contributed by atoms with Gasteiger partial charge in [0.15, 0.2) is 0 Å². The van der Waals surface area contributed by atoms with Gasteiger partial charge in [0.2, 0.25) is 0 Å². The maximum absolute atomic E-state index is 11.9. The number of aromatic carboxylic acids is 1. The van der Waals surface area contributed by atoms with Crippen LogP contribution in [0.5, 0.6) is 0 Å². The van der Waals surface area contributed by atoms with Crippen molar-refractivity contribution in [3.05, 3.63) is 45.2 Å². The molecule has 1 amide bonds. The molecule has 0 atom stereocenters. The van der Waals surface area contributed by atoms with Crippen molar-refractivity contribution in [3.63, 3.8) is 0 Å². The average Bonchev–Trinajstić information content (AvgIpc) is 2.77. The van der Waals surface area contributed by atoms with E-state index in [1.807, 2.05) is 13.8 Å². The van der Waals surface area contributed by atoms with Gasteiger partial charge in [-0.05, 0) is 26.0 Å². The van der Waals surface area contributed by atoms with Crippen LogP contribution in [-0.2, 0) is 6.42 Å². The van der Waals surface area contributed by atoms with E-state index in [1.54, 1.807) is 11.3 Å². The zero-order valence-corrected chi connectivity index (χ0v) is 12.5. The highest BCUT2D eigenvalue weighted by molar-refractivity contribution is 7.11. The normalized spacial score (nSPS) is 10.4. The van der Waals surface area contributed by atoms with Gasteiger partial charge in [0.05, 0.1) is 16.3 Å². The molecule has 0 saturated heterocycles. The average molecular weight is 305 g/mol. The second kappa shape index (κ2) is 6.45. The van der Waals surface area contributed by atoms with Gasteiger partial charge in [-0.1, -0.05) is 0 Å². The number of pyridine rings is 1. The van der Waals surface area contributed by atoms with E-state index in [0.29, 0.717) is 13.0 Å². The van der Waals surface area contributed by atoms with Crippen molar-refractivity contribution in [1.82, 2.24) is 15.3 Å². The molecule has 2 aromatic rings. The summed E-state index contributed by atoms with van der Waals surface area (Å²) in [6, 6.07) is 2.61. The van der Waals surface area contributed by atoms with Gasteiger partial charge in [0, 0.05) is 24.0 Å². The van der Waals surface area contributed by atoms with E-state index in [0.717, 1.165) is 15.6 Å². The Bertz CT molecular complexity index is 682. The topological polar surface area (TPSA) is 92.2 Å². The zero-order chi connectivity index (χ0) is 15.4. The van der Waals surface area contributed by atoms with E-state index < -0.39 is 5.97 Å². The highest BCUT2D eigenvalue weighted by Gasteiger charge is 2.11. The molecular formula is C14H15N3O3S. The number of nitrogens with one attached hydrogen (secondary N) is 1. The highest BCUT2D eigenvalue weighted by Crippen LogP contribution is 2.17. The van der Waals surface area contributed by atoms with Crippen LogP contribution in [0.3, 0.4) is 0 Å². The van der Waals surface area contributed by atoms with E-state index in [4.69, 9.17) is 5.11 Å². The third-order valence-corrected chi connectivity index (χ3v) is 4.01. The zero-order valence-electron chi connectivity index (χ0n) is 11.7. The molecule has 0 aliphatic heterocycles. The summed E-state index contributed by atoms with van der Waals surface area (Å²) in [6.45, 7) is 4.35. The Balaban J connectivity index is 1.94. The van der Waals surface area contributed by atoms with E-state index in [9.17, 15) is 9.59 Å². The standard InChI is InChI=1S/C14H15N3O3S/c1-8-12(21-9(2)17-8)4-6-16-13(18)11-7-10(14(19)20)3-5-15-11/h3,5,7H,4,6H2,1-2H3,(H,16,18)(H,19,20). The van der Waals surface area contributed by atoms with Gasteiger partial charge in [-0.3, -0.25) is 9.78 Å². The molecule has 0 radical (unpaired) electrons. The Kier molecular flexibility index (Phi) is 4.64. The largest absolute Gasteiger partial charge is 0.478 e. The molecule has 0 saturated carbocycles. The second-order valence-electron chi connectivity index (χ2n) is 4.48. The van der Waals surface area contributed by atoms with Gasteiger partial charge >= 0.3 is 5.97 Å². The van der Waals surface area contributed by atoms with Crippen LogP contribution in [0.15, 0.2) is 18.3 Å². The molecule has 0 aliphatic rings. The Morgan fingerprint density at radius 2 is 2.14 bits per heavy atom. The summed E-state index contributed by atoms with van der Waals surface area (Å²) in [6.07, 6.45) is 2.01. The molecule has 21 heavy (non-hydrogen) atoms. The predicted octanol–water partition coefficient (Wildman–Crippen LogP) is 1.83. The number of thiazole rings is 1. The summed E-state index contributed by atoms with van der Waals surface area (Å²) in [5.41, 5.74) is 1.13. The molecular weight excluding hydrogens is 290 g/mol. The molecule has 6 nitrogen and oxygen atoms in total. The van der Waals surface area contributed by atoms with E-state index in [2.05, 4.69) is 15.3 Å². The first kappa shape index (κ1) is 15.1. The second-order valence-corrected chi connectivity index (χ2v) is 5.77. The number of nitrogens with zero attached hydrogens (tertiary/aromatic N) is 2. The molecule has 0 bridgehead atoms. The van der Waals surface area contributed by atoms with Crippen LogP contribution >= 0.6 is 11.3 Å². The van der Waals surface area contributed by atoms with Crippen LogP contribution in [-0.4, -0.2) is 33.5 Å². The molecule has 110 valence electrons. The summed E-state index contributed by atoms with van der Waals surface area (Å²) >= 11 is 1.61. The summed E-state index contributed by atoms with van der Waals surface area (Å²) in [5.74, 6) is -1.46. The van der Waals surface area contributed by atoms with Gasteiger partial charge in [0.25, 0.3) is 5.91 Å². The Labute approximate surface area is 125 Å². The van der Waals surface area contributed by atoms with Gasteiger partial charge in [0.1, 0.15) is 5.69 Å². The minimum Gasteiger partial charge on any atom is -0.478 e. The minimum atomic E-state index is -1.08. The maximum atomic E-state index is 11.9. The quantitative estimate of drug-likeness (QED) is 0.879. The van der Waals surface area contributed by atoms with Crippen molar-refractivity contribution in [3.8, 4) is 0 Å². The minimum absolute atomic E-state index is 0.0454. The summed E-state index contributed by atoms with van der Waals surface area (Å²) in [4.78, 5) is 32.1. The number of aromatic nitrogens is 2. The third kappa shape index (κ3) is 3.85. The van der Waals surface area contributed by atoms with Crippen molar-refractivity contribution >= 4 is 23.2 Å². The van der Waals surface area contributed by atoms with Crippen LogP contribution in [0.25, 0.3) is 0 Å². The molecule has 0 unspecified atom stereocenters. The van der Waals surface area contributed by atoms with Crippen molar-refractivity contribution in [1.29, 1.82) is 0 Å². The van der Waals surface area contributed by atoms with Crippen molar-refractivity contribution in [2.75, 3.05) is 6.54 Å². The lowest BCUT2D eigenvalue weighted by Crippen LogP contribution is -2.26. The predicted molar refractivity (Wildman–Crippen MR) is 78.8 cm³/mol. The van der Waals surface area contributed by atoms with Crippen LogP contribution < -0.4 is 5.32 Å². The molecule has 2 aromatic heterocycles. The van der Waals surface area contributed by atoms with Crippen LogP contribution in [0.4, 0.5) is 0 Å². The maximum Gasteiger partial charge on any atom is 0.335 e. The van der Waals surface area contributed by atoms with Crippen molar-refractivity contribution < 1.29 is 14.7 Å². The number of carbonyl (C=O) groups excluding carboxylic acids is 1. The molecule has 2 rings (SSSR count). The fourth-order valence-corrected chi connectivity index (χ4v) is 2.81. The van der Waals surface area contributed by atoms with Gasteiger partial charge in [-0.15, -0.1) is 11.3 Å². The first-order chi connectivity index (χ1) is 9.97. The Morgan fingerprint density at radius 3 is 2.76 bits per heavy atom. The van der Waals surface area contributed by atoms with Gasteiger partial charge in [-0.25, -0.2) is 9.78 Å². The van der Waals surface area contributed by atoms with Crippen molar-refractivity contribution in [2.24, 2.45) is 0 Å². The number of hydrogen-bond donors (Lipinski definition) is 2. The van der Waals surface area contributed by atoms with Crippen LogP contribution in [0, 0.1) is 13.8 Å². The Morgan fingerprint density at radius 1 is 1.38 bits per heavy atom. The summed E-state index contributed by atoms with van der Waals surface area (Å²) in [7, 11) is 0. The first-order valence-electron chi connectivity index (χ1n) is 6.38. The SMILES string of the molecule is Cc1nc(C)c(CCNC(=O)c2cc(C(=O)O)ccn2)s1. The molecule has 7 heteroatoms. The van der Waals surface area contributed by atoms with Crippen LogP contribution in [0.2, 0.25) is 0 Å². The first-order valence-corrected chi connectivity index (χ1v) is 7.19. The van der Waals surface area contributed by atoms with Crippen LogP contribution in [0.1, 0.15) is 36.4 Å². The molecule has 0 aliphatic carbocycles. The Hall–Kier alpha value is -2.28. The third-order valence-electron chi connectivity index (χ3n) is 2.88. The fraction of sp³-hybridized carbons (Fsp3) is 0.286. The van der Waals surface area contributed by atoms with E-state index in [1.165, 1.54) is 18.3 Å². The number of hydrogen-bond acceptors (Lipinski definition) is 5. The monoisotopic (exact) mass is 305 g/mol. The van der Waals surface area contributed by atoms with Gasteiger partial charge < -0.3 is 10.4 Å². The fourth-order valence-electron chi connectivity index (χ4n) is 1.87. The van der Waals surface area contributed by atoms with Gasteiger partial charge in [-0.2, -0.15) is 0 Å². The lowest BCUT2D eigenvalue weighted by molar-refractivity contribution is 0.0696. The lowest BCUT2D eigenvalue weighted by atomic mass is 10.2. The summed E-state index contributed by atoms with van der Waals surface area (Å²) < 4.78 is 0. The van der Waals surface area contributed by atoms with Crippen molar-refractivity contribution in [2.45, 2.75) is 20.3 Å². The summed E-state index contributed by atoms with van der Waals surface area (Å²) in [5, 5.41) is 12.6. The molecule has 0 aromatic carbocycles. The molecule has 2 heterocycles. The molecule has 0 spiro atoms. The number of aryl methyl sites for hydroxylation is 2. The van der Waals surface area contributed by atoms with E-state index >= 15 is 0 Å². The number of rotatable bonds is 5.